The summed E-state index contributed by atoms with van der Waals surface area (Å²) in [7, 11) is -3.10. The summed E-state index contributed by atoms with van der Waals surface area (Å²) in [6.07, 6.45) is 0. The van der Waals surface area contributed by atoms with E-state index in [0.29, 0.717) is 22.2 Å². The van der Waals surface area contributed by atoms with E-state index >= 15 is 0 Å². The molecule has 0 unspecified atom stereocenters. The van der Waals surface area contributed by atoms with E-state index in [1.165, 1.54) is 13.2 Å². The Morgan fingerprint density at radius 1 is 0.960 bits per heavy atom. The number of rotatable bonds is 4. The predicted octanol–water partition coefficient (Wildman–Crippen LogP) is 1.17. The number of para-hydroxylation sites is 1. The minimum Gasteiger partial charge on any atom is -0.744 e. The van der Waals surface area contributed by atoms with Crippen LogP contribution in [-0.2, 0) is 10.1 Å². The molecule has 0 heterocycles. The number of hydrogen-bond donors (Lipinski definition) is 0. The average Bonchev–Trinajstić information content (AvgIpc) is 2.58. The summed E-state index contributed by atoms with van der Waals surface area (Å²) in [4.78, 5) is -0.311. The van der Waals surface area contributed by atoms with Gasteiger partial charge >= 0.3 is 29.6 Å². The van der Waals surface area contributed by atoms with Gasteiger partial charge in [0, 0.05) is 0 Å². The van der Waals surface area contributed by atoms with Crippen molar-refractivity contribution in [1.82, 2.24) is 0 Å². The molecule has 0 aromatic heterocycles. The number of hydrogen-bond acceptors (Lipinski definition) is 6. The summed E-state index contributed by atoms with van der Waals surface area (Å²) >= 11 is 0. The fourth-order valence-corrected chi connectivity index (χ4v) is 3.07. The Balaban J connectivity index is 0.00000225. The minimum absolute atomic E-state index is 0. The third-order valence-electron chi connectivity index (χ3n) is 3.44. The molecule has 3 rings (SSSR count). The fraction of sp³-hybridized carbons (Fsp3) is 0.0588. The van der Waals surface area contributed by atoms with Crippen molar-refractivity contribution in [3.05, 3.63) is 60.7 Å². The molecule has 0 saturated carbocycles. The molecule has 25 heavy (non-hydrogen) atoms. The van der Waals surface area contributed by atoms with Gasteiger partial charge in [0.15, 0.2) is 0 Å². The van der Waals surface area contributed by atoms with Crippen LogP contribution >= 0.6 is 0 Å². The summed E-state index contributed by atoms with van der Waals surface area (Å²) < 4.78 is 39.8. The van der Waals surface area contributed by atoms with Crippen LogP contribution in [0, 0.1) is 0 Å². The Labute approximate surface area is 167 Å². The number of benzene rings is 3. The second-order valence-electron chi connectivity index (χ2n) is 4.99. The monoisotopic (exact) mass is 364 g/mol. The van der Waals surface area contributed by atoms with Crippen LogP contribution in [0.5, 0.6) is 5.75 Å². The predicted molar refractivity (Wildman–Crippen MR) is 89.1 cm³/mol. The molecular formula is C17H13N2NaO4S. The van der Waals surface area contributed by atoms with Crippen LogP contribution in [0.3, 0.4) is 0 Å². The van der Waals surface area contributed by atoms with Crippen LogP contribution in [0.25, 0.3) is 10.8 Å². The van der Waals surface area contributed by atoms with Crippen molar-refractivity contribution in [2.45, 2.75) is 4.90 Å². The first-order valence-corrected chi connectivity index (χ1v) is 8.43. The summed E-state index contributed by atoms with van der Waals surface area (Å²) in [5.41, 5.74) is 0.772. The van der Waals surface area contributed by atoms with Crippen LogP contribution in [0.15, 0.2) is 75.8 Å². The normalized spacial score (nSPS) is 11.4. The molecule has 0 aliphatic rings. The molecule has 0 bridgehead atoms. The molecule has 0 spiro atoms. The largest absolute Gasteiger partial charge is 1.00 e. The molecule has 0 amide bonds. The first-order chi connectivity index (χ1) is 11.5. The maximum atomic E-state index is 11.5. The van der Waals surface area contributed by atoms with Crippen molar-refractivity contribution in [3.8, 4) is 5.75 Å². The van der Waals surface area contributed by atoms with Gasteiger partial charge in [0.25, 0.3) is 0 Å². The molecule has 0 aliphatic heterocycles. The summed E-state index contributed by atoms with van der Waals surface area (Å²) in [5, 5.41) is 9.10. The maximum Gasteiger partial charge on any atom is 1.00 e. The van der Waals surface area contributed by atoms with E-state index in [-0.39, 0.29) is 40.1 Å². The fourth-order valence-electron chi connectivity index (χ4n) is 2.35. The Morgan fingerprint density at radius 3 is 2.36 bits per heavy atom. The molecule has 0 fully saturated rings. The number of azo groups is 1. The SMILES string of the molecule is COc1ccccc1N=Nc1cc(S(=O)(=O)[O-])c2ccccc2c1.[Na+]. The summed E-state index contributed by atoms with van der Waals surface area (Å²) in [5.74, 6) is 0.540. The smallest absolute Gasteiger partial charge is 0.744 e. The number of nitrogens with zero attached hydrogens (tertiary/aromatic N) is 2. The third kappa shape index (κ3) is 4.45. The topological polar surface area (TPSA) is 91.2 Å². The van der Waals surface area contributed by atoms with E-state index in [2.05, 4.69) is 10.2 Å². The van der Waals surface area contributed by atoms with Crippen LogP contribution in [0.4, 0.5) is 11.4 Å². The minimum atomic E-state index is -4.62. The van der Waals surface area contributed by atoms with Crippen LogP contribution in [0.1, 0.15) is 0 Å². The Morgan fingerprint density at radius 2 is 1.64 bits per heavy atom. The molecule has 3 aromatic carbocycles. The van der Waals surface area contributed by atoms with E-state index in [1.54, 1.807) is 54.6 Å². The van der Waals surface area contributed by atoms with Crippen molar-refractivity contribution in [3.63, 3.8) is 0 Å². The van der Waals surface area contributed by atoms with Crippen LogP contribution in [0.2, 0.25) is 0 Å². The molecule has 0 radical (unpaired) electrons. The molecular weight excluding hydrogens is 351 g/mol. The zero-order valence-corrected chi connectivity index (χ0v) is 16.5. The molecule has 0 atom stereocenters. The van der Waals surface area contributed by atoms with Gasteiger partial charge in [0.05, 0.1) is 17.7 Å². The second-order valence-corrected chi connectivity index (χ2v) is 6.34. The Hall–Kier alpha value is -1.77. The first kappa shape index (κ1) is 19.6. The van der Waals surface area contributed by atoms with E-state index in [4.69, 9.17) is 4.74 Å². The van der Waals surface area contributed by atoms with Gasteiger partial charge in [0.1, 0.15) is 21.6 Å². The van der Waals surface area contributed by atoms with E-state index in [1.807, 2.05) is 0 Å². The van der Waals surface area contributed by atoms with Crippen LogP contribution < -0.4 is 34.3 Å². The Kier molecular flexibility index (Phi) is 6.31. The van der Waals surface area contributed by atoms with Gasteiger partial charge in [0.2, 0.25) is 0 Å². The van der Waals surface area contributed by atoms with E-state index in [9.17, 15) is 13.0 Å². The van der Waals surface area contributed by atoms with Gasteiger partial charge in [-0.25, -0.2) is 8.42 Å². The molecule has 3 aromatic rings. The molecule has 0 N–H and O–H groups in total. The third-order valence-corrected chi connectivity index (χ3v) is 4.31. The van der Waals surface area contributed by atoms with Crippen molar-refractivity contribution < 1.29 is 47.3 Å². The van der Waals surface area contributed by atoms with Crippen molar-refractivity contribution in [2.75, 3.05) is 7.11 Å². The van der Waals surface area contributed by atoms with Crippen LogP contribution in [-0.4, -0.2) is 20.1 Å². The molecule has 0 aliphatic carbocycles. The van der Waals surface area contributed by atoms with Crippen molar-refractivity contribution in [1.29, 1.82) is 0 Å². The summed E-state index contributed by atoms with van der Waals surface area (Å²) in [6, 6.07) is 16.7. The molecule has 6 nitrogen and oxygen atoms in total. The first-order valence-electron chi connectivity index (χ1n) is 7.02. The molecule has 8 heteroatoms. The van der Waals surface area contributed by atoms with E-state index in [0.717, 1.165) is 0 Å². The van der Waals surface area contributed by atoms with Gasteiger partial charge in [-0.1, -0.05) is 36.4 Å². The number of methoxy groups -OCH3 is 1. The molecule has 122 valence electrons. The van der Waals surface area contributed by atoms with Gasteiger partial charge in [-0.2, -0.15) is 5.11 Å². The zero-order valence-electron chi connectivity index (χ0n) is 13.7. The number of fused-ring (bicyclic) bond motifs is 1. The van der Waals surface area contributed by atoms with E-state index < -0.39 is 10.1 Å². The zero-order chi connectivity index (χ0) is 17.2. The molecule has 0 saturated heterocycles. The Bertz CT molecular complexity index is 1040. The van der Waals surface area contributed by atoms with Gasteiger partial charge < -0.3 is 9.29 Å². The number of ether oxygens (including phenoxy) is 1. The van der Waals surface area contributed by atoms with Gasteiger partial charge in [-0.05, 0) is 35.0 Å². The van der Waals surface area contributed by atoms with Crippen molar-refractivity contribution in [2.24, 2.45) is 10.2 Å². The quantitative estimate of drug-likeness (QED) is 0.395. The van der Waals surface area contributed by atoms with Gasteiger partial charge in [-0.3, -0.25) is 0 Å². The van der Waals surface area contributed by atoms with Crippen molar-refractivity contribution >= 4 is 32.3 Å². The van der Waals surface area contributed by atoms with Gasteiger partial charge in [-0.15, -0.1) is 5.11 Å². The average molecular weight is 364 g/mol. The second kappa shape index (κ2) is 8.07. The standard InChI is InChI=1S/C17H14N2O4S.Na/c1-23-16-9-5-4-8-15(16)19-18-13-10-12-6-2-3-7-14(12)17(11-13)24(20,21)22;/h2-11H,1H3,(H,20,21,22);/q;+1/p-1. The maximum absolute atomic E-state index is 11.5. The summed E-state index contributed by atoms with van der Waals surface area (Å²) in [6.45, 7) is 0.